The van der Waals surface area contributed by atoms with E-state index in [1.165, 1.54) is 5.56 Å². The second-order valence-corrected chi connectivity index (χ2v) is 7.65. The number of hydrogen-bond acceptors (Lipinski definition) is 3. The molecule has 3 aromatic heterocycles. The van der Waals surface area contributed by atoms with Crippen molar-refractivity contribution in [3.8, 4) is 17.1 Å². The van der Waals surface area contributed by atoms with E-state index in [1.54, 1.807) is 6.20 Å². The number of benzene rings is 3. The van der Waals surface area contributed by atoms with Crippen molar-refractivity contribution in [3.05, 3.63) is 90.3 Å². The predicted octanol–water partition coefficient (Wildman–Crippen LogP) is 6.60. The smallest absolute Gasteiger partial charge is 0.153 e. The van der Waals surface area contributed by atoms with Crippen LogP contribution in [-0.4, -0.2) is 14.5 Å². The van der Waals surface area contributed by atoms with Gasteiger partial charge in [-0.05, 0) is 49.7 Å². The molecule has 0 fully saturated rings. The summed E-state index contributed by atoms with van der Waals surface area (Å²) in [4.78, 5) is 9.43. The molecule has 0 radical (unpaired) electrons. The first-order valence-corrected chi connectivity index (χ1v) is 10.0. The van der Waals surface area contributed by atoms with Gasteiger partial charge >= 0.3 is 0 Å². The van der Waals surface area contributed by atoms with Crippen LogP contribution in [0, 0.1) is 13.8 Å². The van der Waals surface area contributed by atoms with Gasteiger partial charge in [0.15, 0.2) is 5.58 Å². The summed E-state index contributed by atoms with van der Waals surface area (Å²) in [6.45, 7) is 4.13. The lowest BCUT2D eigenvalue weighted by atomic mass is 10.1. The minimum atomic E-state index is 0.793. The number of nitrogens with zero attached hydrogens (tertiary/aromatic N) is 3. The van der Waals surface area contributed by atoms with Crippen molar-refractivity contribution >= 4 is 33.0 Å². The Kier molecular flexibility index (Phi) is 3.56. The van der Waals surface area contributed by atoms with Crippen LogP contribution in [0.15, 0.2) is 83.4 Å². The van der Waals surface area contributed by atoms with E-state index >= 15 is 0 Å². The molecule has 3 heterocycles. The Morgan fingerprint density at radius 2 is 1.67 bits per heavy atom. The lowest BCUT2D eigenvalue weighted by Crippen LogP contribution is -2.00. The number of hydrogen-bond donors (Lipinski definition) is 0. The number of furan rings is 1. The van der Waals surface area contributed by atoms with Gasteiger partial charge in [-0.15, -0.1) is 0 Å². The Labute approximate surface area is 173 Å². The van der Waals surface area contributed by atoms with Gasteiger partial charge in [0.1, 0.15) is 11.4 Å². The fourth-order valence-corrected chi connectivity index (χ4v) is 4.25. The molecule has 4 heteroatoms. The highest BCUT2D eigenvalue weighted by Gasteiger charge is 2.20. The van der Waals surface area contributed by atoms with Gasteiger partial charge in [0, 0.05) is 16.5 Å². The van der Waals surface area contributed by atoms with Crippen LogP contribution in [0.2, 0.25) is 0 Å². The molecule has 0 spiro atoms. The second-order valence-electron chi connectivity index (χ2n) is 7.65. The number of para-hydroxylation sites is 4. The predicted molar refractivity (Wildman–Crippen MR) is 121 cm³/mol. The van der Waals surface area contributed by atoms with Gasteiger partial charge in [-0.3, -0.25) is 9.55 Å². The Balaban J connectivity index is 1.74. The van der Waals surface area contributed by atoms with Gasteiger partial charge in [0.05, 0.1) is 28.5 Å². The number of fused-ring (bicyclic) bond motifs is 4. The summed E-state index contributed by atoms with van der Waals surface area (Å²) >= 11 is 0. The molecule has 6 aromatic rings. The zero-order chi connectivity index (χ0) is 20.2. The van der Waals surface area contributed by atoms with Crippen LogP contribution in [0.25, 0.3) is 50.0 Å². The van der Waals surface area contributed by atoms with E-state index in [1.807, 2.05) is 13.0 Å². The average molecular weight is 389 g/mol. The number of imidazole rings is 1. The van der Waals surface area contributed by atoms with Gasteiger partial charge in [0.2, 0.25) is 0 Å². The van der Waals surface area contributed by atoms with Crippen molar-refractivity contribution in [2.45, 2.75) is 13.8 Å². The summed E-state index contributed by atoms with van der Waals surface area (Å²) in [6, 6.07) is 25.0. The summed E-state index contributed by atoms with van der Waals surface area (Å²) in [5.41, 5.74) is 7.93. The van der Waals surface area contributed by atoms with Crippen LogP contribution in [0.3, 0.4) is 0 Å². The minimum absolute atomic E-state index is 0.793. The first-order chi connectivity index (χ1) is 14.7. The van der Waals surface area contributed by atoms with Gasteiger partial charge in [-0.2, -0.15) is 0 Å². The van der Waals surface area contributed by atoms with E-state index < -0.39 is 0 Å². The summed E-state index contributed by atoms with van der Waals surface area (Å²) < 4.78 is 8.53. The van der Waals surface area contributed by atoms with Crippen LogP contribution < -0.4 is 0 Å². The summed E-state index contributed by atoms with van der Waals surface area (Å²) in [7, 11) is 0. The van der Waals surface area contributed by atoms with Crippen molar-refractivity contribution in [1.82, 2.24) is 14.5 Å². The third kappa shape index (κ3) is 2.40. The van der Waals surface area contributed by atoms with Crippen molar-refractivity contribution in [2.75, 3.05) is 0 Å². The molecule has 0 N–H and O–H groups in total. The number of pyridine rings is 1. The van der Waals surface area contributed by atoms with E-state index in [9.17, 15) is 0 Å². The Hall–Kier alpha value is -3.92. The lowest BCUT2D eigenvalue weighted by molar-refractivity contribution is 0.667. The molecular formula is C26H19N3O. The van der Waals surface area contributed by atoms with Crippen molar-refractivity contribution in [1.29, 1.82) is 0 Å². The van der Waals surface area contributed by atoms with E-state index in [0.717, 1.165) is 55.7 Å². The van der Waals surface area contributed by atoms with Gasteiger partial charge in [0.25, 0.3) is 0 Å². The maximum Gasteiger partial charge on any atom is 0.153 e. The molecule has 0 saturated heterocycles. The maximum atomic E-state index is 6.29. The fraction of sp³-hybridized carbons (Fsp3) is 0.0769. The molecule has 0 atom stereocenters. The largest absolute Gasteiger partial charge is 0.454 e. The molecule has 30 heavy (non-hydrogen) atoms. The SMILES string of the molecule is Cc1cc2c(cn1)oc1c(-c3nc4ccccc4n3-c3ccccc3C)cccc12. The standard InChI is InChI=1S/C26H19N3O/c1-16-8-3-5-12-22(16)29-23-13-6-4-11-21(23)28-26(29)19-10-7-9-18-20-14-17(2)27-15-24(20)30-25(18)19/h3-15H,1-2H3. The third-order valence-electron chi connectivity index (χ3n) is 5.68. The second kappa shape index (κ2) is 6.29. The quantitative estimate of drug-likeness (QED) is 0.335. The first-order valence-electron chi connectivity index (χ1n) is 10.0. The molecule has 144 valence electrons. The lowest BCUT2D eigenvalue weighted by Gasteiger charge is -2.12. The van der Waals surface area contributed by atoms with E-state index in [4.69, 9.17) is 9.40 Å². The molecule has 0 amide bonds. The van der Waals surface area contributed by atoms with Crippen LogP contribution in [-0.2, 0) is 0 Å². The fourth-order valence-electron chi connectivity index (χ4n) is 4.25. The van der Waals surface area contributed by atoms with E-state index in [2.05, 4.69) is 83.2 Å². The van der Waals surface area contributed by atoms with Crippen LogP contribution in [0.5, 0.6) is 0 Å². The molecule has 4 nitrogen and oxygen atoms in total. The average Bonchev–Trinajstić information content (AvgIpc) is 3.32. The van der Waals surface area contributed by atoms with E-state index in [-0.39, 0.29) is 0 Å². The zero-order valence-electron chi connectivity index (χ0n) is 16.8. The Bertz CT molecular complexity index is 1570. The minimum Gasteiger partial charge on any atom is -0.454 e. The number of rotatable bonds is 2. The molecule has 3 aromatic carbocycles. The normalized spacial score (nSPS) is 11.7. The Morgan fingerprint density at radius 1 is 0.833 bits per heavy atom. The monoisotopic (exact) mass is 389 g/mol. The van der Waals surface area contributed by atoms with Crippen molar-refractivity contribution < 1.29 is 4.42 Å². The zero-order valence-corrected chi connectivity index (χ0v) is 16.8. The highest BCUT2D eigenvalue weighted by molar-refractivity contribution is 6.09. The molecule has 0 bridgehead atoms. The first kappa shape index (κ1) is 17.0. The molecular weight excluding hydrogens is 370 g/mol. The van der Waals surface area contributed by atoms with Crippen LogP contribution in [0.4, 0.5) is 0 Å². The van der Waals surface area contributed by atoms with Crippen molar-refractivity contribution in [3.63, 3.8) is 0 Å². The summed E-state index contributed by atoms with van der Waals surface area (Å²) in [5.74, 6) is 0.875. The highest BCUT2D eigenvalue weighted by Crippen LogP contribution is 2.38. The third-order valence-corrected chi connectivity index (χ3v) is 5.68. The Morgan fingerprint density at radius 3 is 2.57 bits per heavy atom. The molecule has 6 rings (SSSR count). The van der Waals surface area contributed by atoms with E-state index in [0.29, 0.717) is 0 Å². The molecule has 0 aliphatic rings. The van der Waals surface area contributed by atoms with Crippen LogP contribution >= 0.6 is 0 Å². The number of aryl methyl sites for hydroxylation is 2. The molecule has 0 saturated carbocycles. The topological polar surface area (TPSA) is 43.9 Å². The molecule has 0 aliphatic carbocycles. The van der Waals surface area contributed by atoms with Gasteiger partial charge in [-0.25, -0.2) is 4.98 Å². The molecule has 0 aliphatic heterocycles. The summed E-state index contributed by atoms with van der Waals surface area (Å²) in [5, 5.41) is 2.16. The molecule has 0 unspecified atom stereocenters. The van der Waals surface area contributed by atoms with Gasteiger partial charge in [-0.1, -0.05) is 42.5 Å². The number of aromatic nitrogens is 3. The summed E-state index contributed by atoms with van der Waals surface area (Å²) in [6.07, 6.45) is 1.80. The van der Waals surface area contributed by atoms with Crippen molar-refractivity contribution in [2.24, 2.45) is 0 Å². The van der Waals surface area contributed by atoms with Crippen LogP contribution in [0.1, 0.15) is 11.3 Å². The highest BCUT2D eigenvalue weighted by atomic mass is 16.3. The maximum absolute atomic E-state index is 6.29. The van der Waals surface area contributed by atoms with Gasteiger partial charge < -0.3 is 4.42 Å².